The van der Waals surface area contributed by atoms with Crippen molar-refractivity contribution in [3.8, 4) is 5.75 Å². The van der Waals surface area contributed by atoms with E-state index in [0.717, 1.165) is 17.7 Å². The molecule has 1 amide bonds. The van der Waals surface area contributed by atoms with Gasteiger partial charge in [-0.25, -0.2) is 0 Å². The number of benzene rings is 1. The predicted molar refractivity (Wildman–Crippen MR) is 69.2 cm³/mol. The van der Waals surface area contributed by atoms with E-state index in [1.54, 1.807) is 0 Å². The molecule has 0 heterocycles. The number of carbonyl (C=O) groups is 1. The van der Waals surface area contributed by atoms with Crippen molar-refractivity contribution in [1.82, 2.24) is 5.32 Å². The van der Waals surface area contributed by atoms with E-state index in [2.05, 4.69) is 5.32 Å². The summed E-state index contributed by atoms with van der Waals surface area (Å²) in [5.41, 5.74) is 0.948. The highest BCUT2D eigenvalue weighted by molar-refractivity contribution is 5.78. The first-order valence-corrected chi connectivity index (χ1v) is 5.93. The molecule has 0 atom stereocenters. The number of carbonyl (C=O) groups excluding carboxylic acids is 1. The highest BCUT2D eigenvalue weighted by Gasteiger charge is 2.17. The van der Waals surface area contributed by atoms with Crippen LogP contribution in [-0.4, -0.2) is 18.1 Å². The van der Waals surface area contributed by atoms with Gasteiger partial charge in [-0.1, -0.05) is 19.1 Å². The largest absolute Gasteiger partial charge is 0.484 e. The van der Waals surface area contributed by atoms with Crippen molar-refractivity contribution in [1.29, 1.82) is 0 Å². The molecule has 1 N–H and O–H groups in total. The van der Waals surface area contributed by atoms with Crippen molar-refractivity contribution in [2.75, 3.05) is 6.61 Å². The van der Waals surface area contributed by atoms with Gasteiger partial charge in [-0.15, -0.1) is 0 Å². The van der Waals surface area contributed by atoms with Crippen molar-refractivity contribution < 1.29 is 9.53 Å². The minimum atomic E-state index is -0.174. The summed E-state index contributed by atoms with van der Waals surface area (Å²) in [6.07, 6.45) is 0.892. The smallest absolute Gasteiger partial charge is 0.258 e. The molecule has 0 aliphatic rings. The lowest BCUT2D eigenvalue weighted by Crippen LogP contribution is -2.44. The lowest BCUT2D eigenvalue weighted by atomic mass is 10.0. The molecule has 94 valence electrons. The average Bonchev–Trinajstić information content (AvgIpc) is 2.26. The van der Waals surface area contributed by atoms with E-state index in [9.17, 15) is 4.79 Å². The minimum absolute atomic E-state index is 0.0624. The Kier molecular flexibility index (Phi) is 4.55. The standard InChI is InChI=1S/C14H21NO2/c1-5-14(3,4)15-13(16)10-17-12-8-6-7-11(2)9-12/h6-9H,5,10H2,1-4H3,(H,15,16). The van der Waals surface area contributed by atoms with Gasteiger partial charge in [-0.05, 0) is 44.9 Å². The van der Waals surface area contributed by atoms with Crippen LogP contribution in [0, 0.1) is 6.92 Å². The zero-order chi connectivity index (χ0) is 12.9. The summed E-state index contributed by atoms with van der Waals surface area (Å²) in [5, 5.41) is 2.93. The van der Waals surface area contributed by atoms with Crippen LogP contribution in [0.25, 0.3) is 0 Å². The van der Waals surface area contributed by atoms with Gasteiger partial charge < -0.3 is 10.1 Å². The summed E-state index contributed by atoms with van der Waals surface area (Å²) in [4.78, 5) is 11.6. The number of hydrogen-bond donors (Lipinski definition) is 1. The molecule has 0 fully saturated rings. The first-order chi connectivity index (χ1) is 7.93. The van der Waals surface area contributed by atoms with E-state index in [-0.39, 0.29) is 18.1 Å². The van der Waals surface area contributed by atoms with Crippen LogP contribution in [-0.2, 0) is 4.79 Å². The van der Waals surface area contributed by atoms with Crippen LogP contribution >= 0.6 is 0 Å². The highest BCUT2D eigenvalue weighted by atomic mass is 16.5. The number of aryl methyl sites for hydroxylation is 1. The highest BCUT2D eigenvalue weighted by Crippen LogP contribution is 2.12. The van der Waals surface area contributed by atoms with E-state index >= 15 is 0 Å². The van der Waals surface area contributed by atoms with Gasteiger partial charge in [0.15, 0.2) is 6.61 Å². The molecule has 1 aromatic carbocycles. The molecule has 0 saturated carbocycles. The van der Waals surface area contributed by atoms with E-state index in [1.165, 1.54) is 0 Å². The van der Waals surface area contributed by atoms with E-state index < -0.39 is 0 Å². The SMILES string of the molecule is CCC(C)(C)NC(=O)COc1cccc(C)c1. The Labute approximate surface area is 103 Å². The van der Waals surface area contributed by atoms with Crippen molar-refractivity contribution in [2.24, 2.45) is 0 Å². The maximum Gasteiger partial charge on any atom is 0.258 e. The second kappa shape index (κ2) is 5.71. The fraction of sp³-hybridized carbons (Fsp3) is 0.500. The summed E-state index contributed by atoms with van der Waals surface area (Å²) < 4.78 is 5.43. The Balaban J connectivity index is 2.44. The van der Waals surface area contributed by atoms with Crippen LogP contribution in [0.2, 0.25) is 0 Å². The number of ether oxygens (including phenoxy) is 1. The van der Waals surface area contributed by atoms with Gasteiger partial charge in [0, 0.05) is 5.54 Å². The van der Waals surface area contributed by atoms with Gasteiger partial charge in [-0.3, -0.25) is 4.79 Å². The summed E-state index contributed by atoms with van der Waals surface area (Å²) >= 11 is 0. The molecule has 1 aromatic rings. The Morgan fingerprint density at radius 1 is 1.41 bits per heavy atom. The van der Waals surface area contributed by atoms with Crippen LogP contribution in [0.4, 0.5) is 0 Å². The van der Waals surface area contributed by atoms with Crippen LogP contribution < -0.4 is 10.1 Å². The molecular formula is C14H21NO2. The maximum absolute atomic E-state index is 11.6. The second-order valence-corrected chi connectivity index (χ2v) is 4.89. The molecule has 0 spiro atoms. The van der Waals surface area contributed by atoms with Crippen molar-refractivity contribution in [3.63, 3.8) is 0 Å². The topological polar surface area (TPSA) is 38.3 Å². The molecule has 0 aliphatic heterocycles. The van der Waals surface area contributed by atoms with Gasteiger partial charge in [0.25, 0.3) is 5.91 Å². The van der Waals surface area contributed by atoms with Crippen LogP contribution in [0.3, 0.4) is 0 Å². The summed E-state index contributed by atoms with van der Waals surface area (Å²) in [6, 6.07) is 7.68. The molecular weight excluding hydrogens is 214 g/mol. The van der Waals surface area contributed by atoms with Gasteiger partial charge in [0.1, 0.15) is 5.75 Å². The normalized spacial score (nSPS) is 11.1. The maximum atomic E-state index is 11.6. The zero-order valence-corrected chi connectivity index (χ0v) is 11.0. The third kappa shape index (κ3) is 4.89. The van der Waals surface area contributed by atoms with Crippen molar-refractivity contribution >= 4 is 5.91 Å². The third-order valence-corrected chi connectivity index (χ3v) is 2.72. The Bertz CT molecular complexity index is 386. The number of amides is 1. The molecule has 0 bridgehead atoms. The monoisotopic (exact) mass is 235 g/mol. The fourth-order valence-corrected chi connectivity index (χ4v) is 1.36. The van der Waals surface area contributed by atoms with E-state index in [1.807, 2.05) is 52.0 Å². The molecule has 1 rings (SSSR count). The summed E-state index contributed by atoms with van der Waals surface area (Å²) in [7, 11) is 0. The lowest BCUT2D eigenvalue weighted by Gasteiger charge is -2.24. The number of hydrogen-bond acceptors (Lipinski definition) is 2. The molecule has 0 saturated heterocycles. The van der Waals surface area contributed by atoms with Crippen molar-refractivity contribution in [2.45, 2.75) is 39.7 Å². The van der Waals surface area contributed by atoms with Crippen LogP contribution in [0.5, 0.6) is 5.75 Å². The van der Waals surface area contributed by atoms with E-state index in [4.69, 9.17) is 4.74 Å². The Morgan fingerprint density at radius 2 is 2.12 bits per heavy atom. The van der Waals surface area contributed by atoms with Gasteiger partial charge in [-0.2, -0.15) is 0 Å². The first kappa shape index (κ1) is 13.6. The molecule has 0 aliphatic carbocycles. The summed E-state index contributed by atoms with van der Waals surface area (Å²) in [6.45, 7) is 8.09. The zero-order valence-electron chi connectivity index (χ0n) is 11.0. The quantitative estimate of drug-likeness (QED) is 0.852. The number of rotatable bonds is 5. The number of nitrogens with one attached hydrogen (secondary N) is 1. The Hall–Kier alpha value is -1.51. The van der Waals surface area contributed by atoms with E-state index in [0.29, 0.717) is 0 Å². The van der Waals surface area contributed by atoms with Crippen molar-refractivity contribution in [3.05, 3.63) is 29.8 Å². The minimum Gasteiger partial charge on any atom is -0.484 e. The van der Waals surface area contributed by atoms with Gasteiger partial charge in [0.2, 0.25) is 0 Å². The fourth-order valence-electron chi connectivity index (χ4n) is 1.36. The first-order valence-electron chi connectivity index (χ1n) is 5.93. The second-order valence-electron chi connectivity index (χ2n) is 4.89. The average molecular weight is 235 g/mol. The van der Waals surface area contributed by atoms with Crippen LogP contribution in [0.1, 0.15) is 32.8 Å². The Morgan fingerprint density at radius 3 is 2.71 bits per heavy atom. The summed E-state index contributed by atoms with van der Waals surface area (Å²) in [5.74, 6) is 0.646. The van der Waals surface area contributed by atoms with Gasteiger partial charge >= 0.3 is 0 Å². The molecule has 3 nitrogen and oxygen atoms in total. The molecule has 0 unspecified atom stereocenters. The molecule has 17 heavy (non-hydrogen) atoms. The predicted octanol–water partition coefficient (Wildman–Crippen LogP) is 2.68. The molecule has 0 radical (unpaired) electrons. The lowest BCUT2D eigenvalue weighted by molar-refractivity contribution is -0.124. The van der Waals surface area contributed by atoms with Crippen LogP contribution in [0.15, 0.2) is 24.3 Å². The molecule has 3 heteroatoms. The molecule has 0 aromatic heterocycles. The third-order valence-electron chi connectivity index (χ3n) is 2.72. The van der Waals surface area contributed by atoms with Gasteiger partial charge in [0.05, 0.1) is 0 Å².